The summed E-state index contributed by atoms with van der Waals surface area (Å²) in [5, 5.41) is 3.56. The molecule has 1 aliphatic rings. The van der Waals surface area contributed by atoms with E-state index >= 15 is 0 Å². The van der Waals surface area contributed by atoms with Crippen LogP contribution in [0.4, 0.5) is 5.69 Å². The fourth-order valence-corrected chi connectivity index (χ4v) is 2.40. The Morgan fingerprint density at radius 1 is 1.31 bits per heavy atom. The van der Waals surface area contributed by atoms with Crippen LogP contribution in [0.3, 0.4) is 0 Å². The molecule has 2 rings (SSSR count). The second kappa shape index (κ2) is 4.76. The molecule has 88 valence electrons. The predicted molar refractivity (Wildman–Crippen MR) is 70.8 cm³/mol. The van der Waals surface area contributed by atoms with Gasteiger partial charge in [-0.2, -0.15) is 0 Å². The predicted octanol–water partition coefficient (Wildman–Crippen LogP) is 3.82. The molecule has 1 saturated heterocycles. The molecule has 1 aliphatic heterocycles. The van der Waals surface area contributed by atoms with Gasteiger partial charge in [0.05, 0.1) is 5.60 Å². The number of halogens is 1. The first kappa shape index (κ1) is 11.9. The molecule has 16 heavy (non-hydrogen) atoms. The summed E-state index contributed by atoms with van der Waals surface area (Å²) < 4.78 is 6.82. The van der Waals surface area contributed by atoms with Gasteiger partial charge in [0.1, 0.15) is 0 Å². The first-order chi connectivity index (χ1) is 7.55. The molecule has 1 aromatic rings. The second-order valence-electron chi connectivity index (χ2n) is 4.95. The highest BCUT2D eigenvalue weighted by molar-refractivity contribution is 9.10. The van der Waals surface area contributed by atoms with Crippen molar-refractivity contribution in [3.05, 3.63) is 28.7 Å². The average molecular weight is 284 g/mol. The number of nitrogens with one attached hydrogen (secondary N) is 1. The van der Waals surface area contributed by atoms with Gasteiger partial charge in [0.15, 0.2) is 0 Å². The lowest BCUT2D eigenvalue weighted by Gasteiger charge is -2.36. The zero-order valence-electron chi connectivity index (χ0n) is 9.79. The topological polar surface area (TPSA) is 21.3 Å². The Kier molecular flexibility index (Phi) is 3.55. The van der Waals surface area contributed by atoms with Gasteiger partial charge in [0.2, 0.25) is 0 Å². The molecular weight excluding hydrogens is 266 g/mol. The van der Waals surface area contributed by atoms with Gasteiger partial charge in [-0.15, -0.1) is 0 Å². The first-order valence-electron chi connectivity index (χ1n) is 5.71. The Morgan fingerprint density at radius 3 is 2.62 bits per heavy atom. The van der Waals surface area contributed by atoms with Crippen LogP contribution in [-0.2, 0) is 4.74 Å². The van der Waals surface area contributed by atoms with Crippen molar-refractivity contribution in [2.75, 3.05) is 11.9 Å². The van der Waals surface area contributed by atoms with Crippen molar-refractivity contribution in [3.63, 3.8) is 0 Å². The average Bonchev–Trinajstić information content (AvgIpc) is 2.20. The first-order valence-corrected chi connectivity index (χ1v) is 6.50. The maximum Gasteiger partial charge on any atom is 0.0646 e. The van der Waals surface area contributed by atoms with Crippen molar-refractivity contribution in [1.82, 2.24) is 0 Å². The summed E-state index contributed by atoms with van der Waals surface area (Å²) in [6, 6.07) is 8.85. The summed E-state index contributed by atoms with van der Waals surface area (Å²) in [5.74, 6) is 0. The maximum atomic E-state index is 5.70. The van der Waals surface area contributed by atoms with E-state index in [1.807, 2.05) is 0 Å². The van der Waals surface area contributed by atoms with Gasteiger partial charge in [-0.1, -0.05) is 15.9 Å². The van der Waals surface area contributed by atoms with E-state index in [9.17, 15) is 0 Å². The molecule has 3 heteroatoms. The molecule has 1 unspecified atom stereocenters. The van der Waals surface area contributed by atoms with Crippen LogP contribution in [0.1, 0.15) is 26.7 Å². The highest BCUT2D eigenvalue weighted by Crippen LogP contribution is 2.26. The van der Waals surface area contributed by atoms with Crippen LogP contribution in [0.15, 0.2) is 28.7 Å². The van der Waals surface area contributed by atoms with Gasteiger partial charge >= 0.3 is 0 Å². The fraction of sp³-hybridized carbons (Fsp3) is 0.538. The third-order valence-corrected chi connectivity index (χ3v) is 3.44. The van der Waals surface area contributed by atoms with Crippen molar-refractivity contribution < 1.29 is 4.74 Å². The van der Waals surface area contributed by atoms with Crippen molar-refractivity contribution in [2.45, 2.75) is 38.3 Å². The summed E-state index contributed by atoms with van der Waals surface area (Å²) in [4.78, 5) is 0. The molecule has 0 bridgehead atoms. The number of hydrogen-bond donors (Lipinski definition) is 1. The molecule has 1 heterocycles. The summed E-state index contributed by atoms with van der Waals surface area (Å²) >= 11 is 3.44. The van der Waals surface area contributed by atoms with Crippen molar-refractivity contribution in [1.29, 1.82) is 0 Å². The summed E-state index contributed by atoms with van der Waals surface area (Å²) in [7, 11) is 0. The minimum atomic E-state index is 0.00524. The van der Waals surface area contributed by atoms with Gasteiger partial charge in [-0.05, 0) is 51.0 Å². The summed E-state index contributed by atoms with van der Waals surface area (Å²) in [6.45, 7) is 5.16. The van der Waals surface area contributed by atoms with Gasteiger partial charge in [-0.3, -0.25) is 0 Å². The van der Waals surface area contributed by atoms with Gasteiger partial charge in [0, 0.05) is 22.8 Å². The normalized spacial score (nSPS) is 24.1. The molecule has 2 nitrogen and oxygen atoms in total. The summed E-state index contributed by atoms with van der Waals surface area (Å²) in [5.41, 5.74) is 1.19. The minimum Gasteiger partial charge on any atom is -0.382 e. The monoisotopic (exact) mass is 283 g/mol. The SMILES string of the molecule is CC1(C)CC(Nc2ccc(Br)cc2)CCO1. The molecule has 0 amide bonds. The number of ether oxygens (including phenoxy) is 1. The molecule has 0 spiro atoms. The van der Waals surface area contributed by atoms with E-state index < -0.39 is 0 Å². The number of benzene rings is 1. The van der Waals surface area contributed by atoms with Crippen LogP contribution in [0.5, 0.6) is 0 Å². The van der Waals surface area contributed by atoms with Crippen LogP contribution in [-0.4, -0.2) is 18.2 Å². The van der Waals surface area contributed by atoms with Gasteiger partial charge in [0.25, 0.3) is 0 Å². The van der Waals surface area contributed by atoms with E-state index in [2.05, 4.69) is 59.4 Å². The minimum absolute atomic E-state index is 0.00524. The molecule has 1 N–H and O–H groups in total. The number of rotatable bonds is 2. The van der Waals surface area contributed by atoms with Gasteiger partial charge < -0.3 is 10.1 Å². The van der Waals surface area contributed by atoms with Crippen LogP contribution in [0, 0.1) is 0 Å². The van der Waals surface area contributed by atoms with Crippen LogP contribution < -0.4 is 5.32 Å². The Hall–Kier alpha value is -0.540. The number of hydrogen-bond acceptors (Lipinski definition) is 2. The maximum absolute atomic E-state index is 5.70. The Bertz CT molecular complexity index is 347. The Labute approximate surface area is 106 Å². The highest BCUT2D eigenvalue weighted by atomic mass is 79.9. The second-order valence-corrected chi connectivity index (χ2v) is 5.86. The molecule has 1 aromatic carbocycles. The lowest BCUT2D eigenvalue weighted by atomic mass is 9.94. The quantitative estimate of drug-likeness (QED) is 0.891. The standard InChI is InChI=1S/C13H18BrNO/c1-13(2)9-12(7-8-16-13)15-11-5-3-10(14)4-6-11/h3-6,12,15H,7-9H2,1-2H3. The molecule has 1 atom stereocenters. The zero-order valence-corrected chi connectivity index (χ0v) is 11.4. The van der Waals surface area contributed by atoms with E-state index in [1.54, 1.807) is 0 Å². The zero-order chi connectivity index (χ0) is 11.6. The van der Waals surface area contributed by atoms with E-state index in [0.29, 0.717) is 6.04 Å². The smallest absolute Gasteiger partial charge is 0.0646 e. The molecule has 1 fully saturated rings. The third-order valence-electron chi connectivity index (χ3n) is 2.91. The van der Waals surface area contributed by atoms with Gasteiger partial charge in [-0.25, -0.2) is 0 Å². The van der Waals surface area contributed by atoms with E-state index in [4.69, 9.17) is 4.74 Å². The third kappa shape index (κ3) is 3.22. The molecule has 0 saturated carbocycles. The van der Waals surface area contributed by atoms with Crippen molar-refractivity contribution in [2.24, 2.45) is 0 Å². The van der Waals surface area contributed by atoms with Crippen LogP contribution in [0.25, 0.3) is 0 Å². The Morgan fingerprint density at radius 2 is 2.00 bits per heavy atom. The van der Waals surface area contributed by atoms with Crippen molar-refractivity contribution >= 4 is 21.6 Å². The molecule has 0 aromatic heterocycles. The van der Waals surface area contributed by atoms with Crippen molar-refractivity contribution in [3.8, 4) is 0 Å². The molecule has 0 radical (unpaired) electrons. The largest absolute Gasteiger partial charge is 0.382 e. The highest BCUT2D eigenvalue weighted by Gasteiger charge is 2.28. The molecular formula is C13H18BrNO. The lowest BCUT2D eigenvalue weighted by Crippen LogP contribution is -2.40. The molecule has 0 aliphatic carbocycles. The van der Waals surface area contributed by atoms with E-state index in [1.165, 1.54) is 5.69 Å². The fourth-order valence-electron chi connectivity index (χ4n) is 2.14. The van der Waals surface area contributed by atoms with E-state index in [-0.39, 0.29) is 5.60 Å². The Balaban J connectivity index is 1.97. The number of anilines is 1. The lowest BCUT2D eigenvalue weighted by molar-refractivity contribution is -0.0553. The summed E-state index contributed by atoms with van der Waals surface area (Å²) in [6.07, 6.45) is 2.14. The van der Waals surface area contributed by atoms with Crippen LogP contribution >= 0.6 is 15.9 Å². The van der Waals surface area contributed by atoms with E-state index in [0.717, 1.165) is 23.9 Å². The van der Waals surface area contributed by atoms with Crippen LogP contribution in [0.2, 0.25) is 0 Å².